The highest BCUT2D eigenvalue weighted by Gasteiger charge is 2.25. The lowest BCUT2D eigenvalue weighted by atomic mass is 10.1. The smallest absolute Gasteiger partial charge is 0.255 e. The van der Waals surface area contributed by atoms with Crippen LogP contribution in [0, 0.1) is 0 Å². The molecule has 2 aromatic rings. The van der Waals surface area contributed by atoms with Gasteiger partial charge >= 0.3 is 0 Å². The quantitative estimate of drug-likeness (QED) is 0.759. The Hall–Kier alpha value is -1.85. The maximum atomic E-state index is 12.6. The second kappa shape index (κ2) is 8.02. The van der Waals surface area contributed by atoms with Gasteiger partial charge in [0.1, 0.15) is 0 Å². The molecule has 4 nitrogen and oxygen atoms in total. The van der Waals surface area contributed by atoms with Gasteiger partial charge in [0.25, 0.3) is 5.91 Å². The summed E-state index contributed by atoms with van der Waals surface area (Å²) in [5.41, 5.74) is 1.60. The Bertz CT molecular complexity index is 771. The summed E-state index contributed by atoms with van der Waals surface area (Å²) >= 11 is 9.29. The molecule has 0 atom stereocenters. The lowest BCUT2D eigenvalue weighted by molar-refractivity contribution is -0.131. The fourth-order valence-corrected chi connectivity index (χ4v) is 3.43. The Labute approximate surface area is 160 Å². The Kier molecular flexibility index (Phi) is 5.76. The van der Waals surface area contributed by atoms with Gasteiger partial charge in [0.15, 0.2) is 0 Å². The average molecular weight is 422 g/mol. The average Bonchev–Trinajstić information content (AvgIpc) is 2.63. The van der Waals surface area contributed by atoms with Crippen LogP contribution in [-0.4, -0.2) is 47.8 Å². The number of hydrogen-bond donors (Lipinski definition) is 0. The summed E-state index contributed by atoms with van der Waals surface area (Å²) in [5.74, 6) is 0.0765. The first-order valence-electron chi connectivity index (χ1n) is 8.10. The van der Waals surface area contributed by atoms with Crippen LogP contribution in [0.5, 0.6) is 0 Å². The predicted octanol–water partition coefficient (Wildman–Crippen LogP) is 3.63. The van der Waals surface area contributed by atoms with E-state index in [-0.39, 0.29) is 11.8 Å². The normalized spacial score (nSPS) is 14.5. The highest BCUT2D eigenvalue weighted by Crippen LogP contribution is 2.19. The molecule has 0 unspecified atom stereocenters. The van der Waals surface area contributed by atoms with Crippen LogP contribution in [0.4, 0.5) is 0 Å². The molecule has 3 rings (SSSR count). The van der Waals surface area contributed by atoms with Gasteiger partial charge in [-0.05, 0) is 45.8 Å². The van der Waals surface area contributed by atoms with Crippen molar-refractivity contribution < 1.29 is 9.59 Å². The zero-order valence-corrected chi connectivity index (χ0v) is 16.0. The fraction of sp³-hybridized carbons (Fsp3) is 0.263. The van der Waals surface area contributed by atoms with Crippen molar-refractivity contribution in [1.82, 2.24) is 9.80 Å². The molecule has 0 bridgehead atoms. The molecule has 130 valence electrons. The van der Waals surface area contributed by atoms with Crippen molar-refractivity contribution in [1.29, 1.82) is 0 Å². The minimum atomic E-state index is -0.00252. The van der Waals surface area contributed by atoms with E-state index in [0.29, 0.717) is 43.2 Å². The van der Waals surface area contributed by atoms with E-state index < -0.39 is 0 Å². The molecule has 1 fully saturated rings. The molecular formula is C19H18BrClN2O2. The SMILES string of the molecule is O=C(Cc1ccc(Cl)cc1)N1CCN(C(=O)c2ccccc2Br)CC1. The van der Waals surface area contributed by atoms with E-state index in [2.05, 4.69) is 15.9 Å². The molecule has 0 aromatic heterocycles. The lowest BCUT2D eigenvalue weighted by Crippen LogP contribution is -2.51. The molecule has 0 radical (unpaired) electrons. The molecule has 0 spiro atoms. The van der Waals surface area contributed by atoms with Gasteiger partial charge in [-0.25, -0.2) is 0 Å². The van der Waals surface area contributed by atoms with Crippen LogP contribution >= 0.6 is 27.5 Å². The van der Waals surface area contributed by atoms with Crippen LogP contribution in [0.1, 0.15) is 15.9 Å². The van der Waals surface area contributed by atoms with Gasteiger partial charge in [0.05, 0.1) is 12.0 Å². The van der Waals surface area contributed by atoms with Crippen molar-refractivity contribution in [3.8, 4) is 0 Å². The summed E-state index contributed by atoms with van der Waals surface area (Å²) in [6.07, 6.45) is 0.356. The molecule has 0 saturated carbocycles. The highest BCUT2D eigenvalue weighted by molar-refractivity contribution is 9.10. The highest BCUT2D eigenvalue weighted by atomic mass is 79.9. The van der Waals surface area contributed by atoms with Crippen molar-refractivity contribution in [3.05, 3.63) is 69.2 Å². The first kappa shape index (κ1) is 18.0. The van der Waals surface area contributed by atoms with Crippen LogP contribution < -0.4 is 0 Å². The van der Waals surface area contributed by atoms with Gasteiger partial charge in [-0.2, -0.15) is 0 Å². The molecule has 0 aliphatic carbocycles. The van der Waals surface area contributed by atoms with Crippen molar-refractivity contribution in [2.75, 3.05) is 26.2 Å². The van der Waals surface area contributed by atoms with E-state index in [1.165, 1.54) is 0 Å². The van der Waals surface area contributed by atoms with E-state index in [9.17, 15) is 9.59 Å². The minimum absolute atomic E-state index is 0.00252. The number of halogens is 2. The number of carbonyl (C=O) groups is 2. The summed E-state index contributed by atoms with van der Waals surface area (Å²) in [7, 11) is 0. The number of carbonyl (C=O) groups excluding carboxylic acids is 2. The Balaban J connectivity index is 1.56. The molecule has 1 aliphatic rings. The lowest BCUT2D eigenvalue weighted by Gasteiger charge is -2.35. The molecule has 25 heavy (non-hydrogen) atoms. The van der Waals surface area contributed by atoms with Gasteiger partial charge < -0.3 is 9.80 Å². The molecule has 1 saturated heterocycles. The summed E-state index contributed by atoms with van der Waals surface area (Å²) in [5, 5.41) is 0.662. The largest absolute Gasteiger partial charge is 0.339 e. The first-order chi connectivity index (χ1) is 12.0. The molecule has 1 aliphatic heterocycles. The van der Waals surface area contributed by atoms with Crippen LogP contribution in [-0.2, 0) is 11.2 Å². The predicted molar refractivity (Wildman–Crippen MR) is 102 cm³/mol. The van der Waals surface area contributed by atoms with E-state index in [1.807, 2.05) is 41.3 Å². The maximum absolute atomic E-state index is 12.6. The Morgan fingerprint density at radius 1 is 0.920 bits per heavy atom. The van der Waals surface area contributed by atoms with Crippen LogP contribution in [0.25, 0.3) is 0 Å². The zero-order valence-electron chi connectivity index (χ0n) is 13.6. The monoisotopic (exact) mass is 420 g/mol. The van der Waals surface area contributed by atoms with E-state index in [4.69, 9.17) is 11.6 Å². The summed E-state index contributed by atoms with van der Waals surface area (Å²) in [4.78, 5) is 28.7. The second-order valence-electron chi connectivity index (χ2n) is 5.96. The third-order valence-corrected chi connectivity index (χ3v) is 5.24. The molecule has 1 heterocycles. The van der Waals surface area contributed by atoms with Gasteiger partial charge in [0, 0.05) is 35.7 Å². The van der Waals surface area contributed by atoms with Crippen molar-refractivity contribution in [2.24, 2.45) is 0 Å². The fourth-order valence-electron chi connectivity index (χ4n) is 2.85. The Morgan fingerprint density at radius 2 is 1.52 bits per heavy atom. The molecular weight excluding hydrogens is 404 g/mol. The van der Waals surface area contributed by atoms with E-state index in [1.54, 1.807) is 17.0 Å². The minimum Gasteiger partial charge on any atom is -0.339 e. The second-order valence-corrected chi connectivity index (χ2v) is 7.25. The standard InChI is InChI=1S/C19H18BrClN2O2/c20-17-4-2-1-3-16(17)19(25)23-11-9-22(10-12-23)18(24)13-14-5-7-15(21)8-6-14/h1-8H,9-13H2. The van der Waals surface area contributed by atoms with Gasteiger partial charge in [-0.1, -0.05) is 35.9 Å². The topological polar surface area (TPSA) is 40.6 Å². The van der Waals surface area contributed by atoms with Crippen LogP contribution in [0.2, 0.25) is 5.02 Å². The zero-order chi connectivity index (χ0) is 17.8. The van der Waals surface area contributed by atoms with Crippen LogP contribution in [0.15, 0.2) is 53.0 Å². The van der Waals surface area contributed by atoms with Crippen molar-refractivity contribution >= 4 is 39.3 Å². The number of amides is 2. The Morgan fingerprint density at radius 3 is 2.16 bits per heavy atom. The number of piperazine rings is 1. The van der Waals surface area contributed by atoms with Crippen molar-refractivity contribution in [3.63, 3.8) is 0 Å². The number of nitrogens with zero attached hydrogens (tertiary/aromatic N) is 2. The number of benzene rings is 2. The van der Waals surface area contributed by atoms with E-state index in [0.717, 1.165) is 10.0 Å². The van der Waals surface area contributed by atoms with Crippen LogP contribution in [0.3, 0.4) is 0 Å². The summed E-state index contributed by atoms with van der Waals surface area (Å²) < 4.78 is 0.793. The van der Waals surface area contributed by atoms with Gasteiger partial charge in [0.2, 0.25) is 5.91 Å². The van der Waals surface area contributed by atoms with Gasteiger partial charge in [-0.3, -0.25) is 9.59 Å². The maximum Gasteiger partial charge on any atom is 0.255 e. The third kappa shape index (κ3) is 4.41. The molecule has 0 N–H and O–H groups in total. The first-order valence-corrected chi connectivity index (χ1v) is 9.28. The third-order valence-electron chi connectivity index (χ3n) is 4.29. The summed E-state index contributed by atoms with van der Waals surface area (Å²) in [6.45, 7) is 2.21. The molecule has 2 amide bonds. The molecule has 6 heteroatoms. The summed E-state index contributed by atoms with van der Waals surface area (Å²) in [6, 6.07) is 14.7. The number of hydrogen-bond acceptors (Lipinski definition) is 2. The number of rotatable bonds is 3. The van der Waals surface area contributed by atoms with E-state index >= 15 is 0 Å². The molecule has 2 aromatic carbocycles. The van der Waals surface area contributed by atoms with Gasteiger partial charge in [-0.15, -0.1) is 0 Å². The van der Waals surface area contributed by atoms with Crippen molar-refractivity contribution in [2.45, 2.75) is 6.42 Å².